The lowest BCUT2D eigenvalue weighted by Crippen LogP contribution is -2.10. The van der Waals surface area contributed by atoms with E-state index in [9.17, 15) is 4.79 Å². The molecule has 0 fully saturated rings. The number of aromatic amines is 1. The van der Waals surface area contributed by atoms with Gasteiger partial charge in [-0.3, -0.25) is 4.79 Å². The van der Waals surface area contributed by atoms with Crippen LogP contribution in [0.5, 0.6) is 0 Å². The lowest BCUT2D eigenvalue weighted by atomic mass is 10.1. The van der Waals surface area contributed by atoms with E-state index in [1.165, 1.54) is 6.20 Å². The maximum absolute atomic E-state index is 11.0. The van der Waals surface area contributed by atoms with Crippen molar-refractivity contribution >= 4 is 16.8 Å². The maximum atomic E-state index is 11.0. The largest absolute Gasteiger partial charge is 0.366 e. The summed E-state index contributed by atoms with van der Waals surface area (Å²) in [7, 11) is 0. The lowest BCUT2D eigenvalue weighted by molar-refractivity contribution is 0.100. The van der Waals surface area contributed by atoms with E-state index in [1.54, 1.807) is 18.2 Å². The van der Waals surface area contributed by atoms with Crippen LogP contribution in [0.15, 0.2) is 24.4 Å². The van der Waals surface area contributed by atoms with Gasteiger partial charge in [0, 0.05) is 17.1 Å². The van der Waals surface area contributed by atoms with Gasteiger partial charge >= 0.3 is 0 Å². The molecule has 2 aromatic rings. The van der Waals surface area contributed by atoms with Crippen molar-refractivity contribution in [2.24, 2.45) is 5.73 Å². The van der Waals surface area contributed by atoms with Gasteiger partial charge in [-0.1, -0.05) is 6.07 Å². The Kier molecular flexibility index (Phi) is 1.72. The second-order valence-corrected chi connectivity index (χ2v) is 2.91. The van der Waals surface area contributed by atoms with E-state index >= 15 is 0 Å². The molecule has 1 amide bonds. The molecule has 0 saturated carbocycles. The van der Waals surface area contributed by atoms with Gasteiger partial charge in [0.2, 0.25) is 0 Å². The van der Waals surface area contributed by atoms with E-state index in [-0.39, 0.29) is 0 Å². The van der Waals surface area contributed by atoms with Crippen molar-refractivity contribution in [2.45, 2.75) is 0 Å². The Bertz CT molecular complexity index is 548. The number of carbonyl (C=O) groups is 1. The Balaban J connectivity index is 2.89. The molecule has 1 aromatic heterocycles. The number of hydrogen-bond donors (Lipinski definition) is 2. The molecule has 1 aromatic carbocycles. The molecule has 2 rings (SSSR count). The molecule has 14 heavy (non-hydrogen) atoms. The fourth-order valence-corrected chi connectivity index (χ4v) is 1.47. The molecule has 4 heteroatoms. The molecule has 68 valence electrons. The molecule has 0 radical (unpaired) electrons. The van der Waals surface area contributed by atoms with Gasteiger partial charge in [-0.05, 0) is 12.1 Å². The van der Waals surface area contributed by atoms with Crippen LogP contribution >= 0.6 is 0 Å². The Hall–Kier alpha value is -2.28. The highest BCUT2D eigenvalue weighted by Crippen LogP contribution is 2.21. The minimum Gasteiger partial charge on any atom is -0.366 e. The molecule has 1 heterocycles. The molecular weight excluding hydrogens is 178 g/mol. The van der Waals surface area contributed by atoms with Crippen molar-refractivity contribution in [3.05, 3.63) is 35.5 Å². The second-order valence-electron chi connectivity index (χ2n) is 2.91. The fraction of sp³-hybridized carbons (Fsp3) is 0. The van der Waals surface area contributed by atoms with Crippen molar-refractivity contribution in [2.75, 3.05) is 0 Å². The number of aromatic nitrogens is 1. The molecule has 3 N–H and O–H groups in total. The van der Waals surface area contributed by atoms with Gasteiger partial charge in [0.1, 0.15) is 0 Å². The molecule has 0 aliphatic heterocycles. The highest BCUT2D eigenvalue weighted by atomic mass is 16.1. The fourth-order valence-electron chi connectivity index (χ4n) is 1.47. The van der Waals surface area contributed by atoms with E-state index in [0.717, 1.165) is 5.52 Å². The van der Waals surface area contributed by atoms with Gasteiger partial charge in [0.15, 0.2) is 0 Å². The molecule has 0 unspecified atom stereocenters. The van der Waals surface area contributed by atoms with Crippen LogP contribution in [0.1, 0.15) is 15.9 Å². The van der Waals surface area contributed by atoms with Crippen LogP contribution in [0.25, 0.3) is 10.9 Å². The summed E-state index contributed by atoms with van der Waals surface area (Å²) in [5.74, 6) is -0.529. The first-order chi connectivity index (χ1) is 6.74. The lowest BCUT2D eigenvalue weighted by Gasteiger charge is -1.95. The Morgan fingerprint density at radius 1 is 1.50 bits per heavy atom. The van der Waals surface area contributed by atoms with E-state index in [1.807, 2.05) is 6.07 Å². The average molecular weight is 185 g/mol. The van der Waals surface area contributed by atoms with Gasteiger partial charge < -0.3 is 10.7 Å². The highest BCUT2D eigenvalue weighted by molar-refractivity contribution is 6.07. The molecule has 0 atom stereocenters. The van der Waals surface area contributed by atoms with Crippen LogP contribution in [0.4, 0.5) is 0 Å². The zero-order valence-electron chi connectivity index (χ0n) is 7.24. The minimum atomic E-state index is -0.529. The number of nitrogens with two attached hydrogens (primary N) is 1. The van der Waals surface area contributed by atoms with Crippen molar-refractivity contribution in [1.82, 2.24) is 4.98 Å². The minimum absolute atomic E-state index is 0.358. The molecule has 4 nitrogen and oxygen atoms in total. The summed E-state index contributed by atoms with van der Waals surface area (Å²) in [5, 5.41) is 9.44. The topological polar surface area (TPSA) is 82.7 Å². The molecule has 0 spiro atoms. The maximum Gasteiger partial charge on any atom is 0.250 e. The number of amides is 1. The van der Waals surface area contributed by atoms with Gasteiger partial charge in [-0.25, -0.2) is 0 Å². The average Bonchev–Trinajstić information content (AvgIpc) is 2.60. The van der Waals surface area contributed by atoms with Gasteiger partial charge in [-0.15, -0.1) is 0 Å². The Labute approximate surface area is 79.9 Å². The molecule has 0 aliphatic carbocycles. The number of primary amides is 1. The van der Waals surface area contributed by atoms with Crippen LogP contribution in [0.3, 0.4) is 0 Å². The highest BCUT2D eigenvalue weighted by Gasteiger charge is 2.11. The first-order valence-corrected chi connectivity index (χ1v) is 4.04. The number of nitriles is 1. The summed E-state index contributed by atoms with van der Waals surface area (Å²) in [6.45, 7) is 0. The Morgan fingerprint density at radius 2 is 2.29 bits per heavy atom. The summed E-state index contributed by atoms with van der Waals surface area (Å²) in [4.78, 5) is 13.9. The van der Waals surface area contributed by atoms with Crippen LogP contribution < -0.4 is 5.73 Å². The van der Waals surface area contributed by atoms with Crippen molar-refractivity contribution in [3.8, 4) is 6.07 Å². The van der Waals surface area contributed by atoms with Crippen molar-refractivity contribution in [1.29, 1.82) is 5.26 Å². The smallest absolute Gasteiger partial charge is 0.250 e. The third kappa shape index (κ3) is 1.04. The third-order valence-corrected chi connectivity index (χ3v) is 2.09. The number of hydrogen-bond acceptors (Lipinski definition) is 2. The zero-order valence-corrected chi connectivity index (χ0v) is 7.24. The SMILES string of the molecule is N#Cc1cccc2[nH]cc(C(N)=O)c12. The number of fused-ring (bicyclic) bond motifs is 1. The quantitative estimate of drug-likeness (QED) is 0.698. The van der Waals surface area contributed by atoms with Gasteiger partial charge in [-0.2, -0.15) is 5.26 Å². The summed E-state index contributed by atoms with van der Waals surface area (Å²) in [6.07, 6.45) is 1.52. The third-order valence-electron chi connectivity index (χ3n) is 2.09. The van der Waals surface area contributed by atoms with Crippen molar-refractivity contribution < 1.29 is 4.79 Å². The van der Waals surface area contributed by atoms with Crippen LogP contribution in [0.2, 0.25) is 0 Å². The number of benzene rings is 1. The number of H-pyrrole nitrogens is 1. The van der Waals surface area contributed by atoms with Crippen LogP contribution in [-0.2, 0) is 0 Å². The molecule has 0 bridgehead atoms. The predicted molar refractivity (Wildman–Crippen MR) is 51.5 cm³/mol. The standard InChI is InChI=1S/C10H7N3O/c11-4-6-2-1-3-8-9(6)7(5-13-8)10(12)14/h1-3,5,13H,(H2,12,14). The normalized spacial score (nSPS) is 9.93. The summed E-state index contributed by atoms with van der Waals surface area (Å²) >= 11 is 0. The monoisotopic (exact) mass is 185 g/mol. The Morgan fingerprint density at radius 3 is 2.93 bits per heavy atom. The van der Waals surface area contributed by atoms with E-state index in [4.69, 9.17) is 11.0 Å². The zero-order chi connectivity index (χ0) is 10.1. The number of nitrogens with one attached hydrogen (secondary N) is 1. The van der Waals surface area contributed by atoms with E-state index in [2.05, 4.69) is 4.98 Å². The van der Waals surface area contributed by atoms with E-state index < -0.39 is 5.91 Å². The first kappa shape index (κ1) is 8.32. The molecule has 0 aliphatic rings. The van der Waals surface area contributed by atoms with Gasteiger partial charge in [0.05, 0.1) is 17.2 Å². The second kappa shape index (κ2) is 2.89. The molecule has 0 saturated heterocycles. The van der Waals surface area contributed by atoms with Crippen LogP contribution in [0, 0.1) is 11.3 Å². The summed E-state index contributed by atoms with van der Waals surface area (Å²) in [5.41, 5.74) is 6.74. The molecular formula is C10H7N3O. The predicted octanol–water partition coefficient (Wildman–Crippen LogP) is 1.14. The number of rotatable bonds is 1. The van der Waals surface area contributed by atoms with Crippen LogP contribution in [-0.4, -0.2) is 10.9 Å². The number of nitrogens with zero attached hydrogens (tertiary/aromatic N) is 1. The van der Waals surface area contributed by atoms with Gasteiger partial charge in [0.25, 0.3) is 5.91 Å². The summed E-state index contributed by atoms with van der Waals surface area (Å²) in [6, 6.07) is 7.23. The first-order valence-electron chi connectivity index (χ1n) is 4.04. The van der Waals surface area contributed by atoms with E-state index in [0.29, 0.717) is 16.5 Å². The number of carbonyl (C=O) groups excluding carboxylic acids is 1. The van der Waals surface area contributed by atoms with Crippen molar-refractivity contribution in [3.63, 3.8) is 0 Å². The summed E-state index contributed by atoms with van der Waals surface area (Å²) < 4.78 is 0.